The molecule has 36 heavy (non-hydrogen) atoms. The van der Waals surface area contributed by atoms with Crippen LogP contribution in [0.5, 0.6) is 0 Å². The molecule has 0 spiro atoms. The molecule has 0 aliphatic carbocycles. The van der Waals surface area contributed by atoms with E-state index in [1.54, 1.807) is 45.0 Å². The highest BCUT2D eigenvalue weighted by Gasteiger charge is 2.36. The molecule has 0 radical (unpaired) electrons. The van der Waals surface area contributed by atoms with E-state index in [0.717, 1.165) is 12.0 Å². The standard InChI is InChI=1S/C25H32N4O7/c1-7-13-29(23(33)18(14-19(26)30)28-24(34)36-25(3,4)5)21(22(32)27-15-20(31)35-6)17-11-9-16(8-2)10-12-17/h2,7,9-12,18,21H,1,13-15H2,3-6H3,(H2,26,30)(H,27,32)(H,28,34). The van der Waals surface area contributed by atoms with Gasteiger partial charge in [0.2, 0.25) is 17.7 Å². The van der Waals surface area contributed by atoms with Crippen LogP contribution in [0.25, 0.3) is 0 Å². The third-order valence-electron chi connectivity index (χ3n) is 4.59. The van der Waals surface area contributed by atoms with Crippen molar-refractivity contribution in [3.63, 3.8) is 0 Å². The average Bonchev–Trinajstić information content (AvgIpc) is 2.80. The number of benzene rings is 1. The number of ether oxygens (including phenoxy) is 2. The van der Waals surface area contributed by atoms with E-state index in [2.05, 4.69) is 27.9 Å². The number of nitrogens with zero attached hydrogens (tertiary/aromatic N) is 1. The average molecular weight is 501 g/mol. The molecule has 0 aliphatic rings. The second-order valence-electron chi connectivity index (χ2n) is 8.61. The van der Waals surface area contributed by atoms with Crippen molar-refractivity contribution in [2.24, 2.45) is 5.73 Å². The monoisotopic (exact) mass is 500 g/mol. The fourth-order valence-electron chi connectivity index (χ4n) is 3.08. The van der Waals surface area contributed by atoms with Crippen LogP contribution in [0.1, 0.15) is 44.4 Å². The molecular weight excluding hydrogens is 468 g/mol. The third kappa shape index (κ3) is 9.50. The molecule has 11 nitrogen and oxygen atoms in total. The molecule has 2 unspecified atom stereocenters. The summed E-state index contributed by atoms with van der Waals surface area (Å²) in [5.41, 5.74) is 5.32. The van der Waals surface area contributed by atoms with Gasteiger partial charge in [-0.25, -0.2) is 4.79 Å². The number of rotatable bonds is 11. The van der Waals surface area contributed by atoms with Crippen LogP contribution in [0.4, 0.5) is 4.79 Å². The molecule has 0 fully saturated rings. The zero-order valence-corrected chi connectivity index (χ0v) is 20.8. The Kier molecular flexibility index (Phi) is 11.2. The lowest BCUT2D eigenvalue weighted by atomic mass is 10.0. The van der Waals surface area contributed by atoms with Crippen molar-refractivity contribution >= 4 is 29.8 Å². The number of primary amides is 1. The van der Waals surface area contributed by atoms with Crippen molar-refractivity contribution in [2.75, 3.05) is 20.2 Å². The minimum absolute atomic E-state index is 0.155. The quantitative estimate of drug-likeness (QED) is 0.230. The summed E-state index contributed by atoms with van der Waals surface area (Å²) in [5.74, 6) is -0.645. The maximum absolute atomic E-state index is 13.6. The first-order valence-electron chi connectivity index (χ1n) is 10.9. The Balaban J connectivity index is 3.46. The van der Waals surface area contributed by atoms with E-state index in [1.807, 2.05) is 0 Å². The van der Waals surface area contributed by atoms with E-state index in [-0.39, 0.29) is 6.54 Å². The predicted molar refractivity (Wildman–Crippen MR) is 131 cm³/mol. The van der Waals surface area contributed by atoms with Gasteiger partial charge < -0.3 is 30.7 Å². The van der Waals surface area contributed by atoms with Gasteiger partial charge in [-0.05, 0) is 38.5 Å². The molecule has 1 aromatic carbocycles. The van der Waals surface area contributed by atoms with Gasteiger partial charge in [0.05, 0.1) is 13.5 Å². The van der Waals surface area contributed by atoms with Gasteiger partial charge in [-0.2, -0.15) is 0 Å². The van der Waals surface area contributed by atoms with Gasteiger partial charge in [0, 0.05) is 12.1 Å². The van der Waals surface area contributed by atoms with Gasteiger partial charge in [0.15, 0.2) is 0 Å². The highest BCUT2D eigenvalue weighted by atomic mass is 16.6. The molecule has 0 aliphatic heterocycles. The van der Waals surface area contributed by atoms with E-state index in [0.29, 0.717) is 11.1 Å². The van der Waals surface area contributed by atoms with Gasteiger partial charge in [-0.1, -0.05) is 24.1 Å². The molecule has 0 aromatic heterocycles. The highest BCUT2D eigenvalue weighted by Crippen LogP contribution is 2.24. The zero-order chi connectivity index (χ0) is 27.5. The lowest BCUT2D eigenvalue weighted by Gasteiger charge is -2.33. The molecule has 11 heteroatoms. The van der Waals surface area contributed by atoms with Crippen molar-refractivity contribution in [3.8, 4) is 12.3 Å². The second kappa shape index (κ2) is 13.5. The maximum atomic E-state index is 13.6. The summed E-state index contributed by atoms with van der Waals surface area (Å²) < 4.78 is 9.74. The minimum atomic E-state index is -1.45. The number of nitrogens with two attached hydrogens (primary N) is 1. The molecule has 0 bridgehead atoms. The molecule has 2 atom stereocenters. The number of carbonyl (C=O) groups is 5. The van der Waals surface area contributed by atoms with E-state index < -0.39 is 60.4 Å². The van der Waals surface area contributed by atoms with Crippen molar-refractivity contribution in [2.45, 2.75) is 44.9 Å². The van der Waals surface area contributed by atoms with Crippen LogP contribution in [-0.4, -0.2) is 66.5 Å². The Morgan fingerprint density at radius 2 is 1.81 bits per heavy atom. The fourth-order valence-corrected chi connectivity index (χ4v) is 3.08. The van der Waals surface area contributed by atoms with Crippen LogP contribution in [0, 0.1) is 12.3 Å². The van der Waals surface area contributed by atoms with Crippen molar-refractivity contribution in [1.82, 2.24) is 15.5 Å². The Morgan fingerprint density at radius 1 is 1.19 bits per heavy atom. The number of terminal acetylenes is 1. The summed E-state index contributed by atoms with van der Waals surface area (Å²) >= 11 is 0. The third-order valence-corrected chi connectivity index (χ3v) is 4.59. The topological polar surface area (TPSA) is 157 Å². The molecule has 0 saturated carbocycles. The van der Waals surface area contributed by atoms with Gasteiger partial charge in [-0.3, -0.25) is 19.2 Å². The molecular formula is C25H32N4O7. The SMILES string of the molecule is C#Cc1ccc(C(C(=O)NCC(=O)OC)N(CC=C)C(=O)C(CC(N)=O)NC(=O)OC(C)(C)C)cc1. The predicted octanol–water partition coefficient (Wildman–Crippen LogP) is 0.782. The molecule has 4 amide bonds. The Labute approximate surface area is 210 Å². The number of nitrogens with one attached hydrogen (secondary N) is 2. The molecule has 4 N–H and O–H groups in total. The number of hydrogen-bond acceptors (Lipinski definition) is 7. The van der Waals surface area contributed by atoms with E-state index in [4.69, 9.17) is 16.9 Å². The van der Waals surface area contributed by atoms with Gasteiger partial charge >= 0.3 is 12.1 Å². The van der Waals surface area contributed by atoms with Gasteiger partial charge in [0.25, 0.3) is 0 Å². The molecule has 0 heterocycles. The van der Waals surface area contributed by atoms with Crippen LogP contribution in [-0.2, 0) is 28.7 Å². The molecule has 1 aromatic rings. The summed E-state index contributed by atoms with van der Waals surface area (Å²) in [6, 6.07) is 3.51. The summed E-state index contributed by atoms with van der Waals surface area (Å²) in [6.45, 7) is 7.91. The first-order valence-corrected chi connectivity index (χ1v) is 10.9. The Morgan fingerprint density at radius 3 is 2.28 bits per heavy atom. The Hall–Kier alpha value is -4.33. The van der Waals surface area contributed by atoms with Crippen LogP contribution < -0.4 is 16.4 Å². The lowest BCUT2D eigenvalue weighted by Crippen LogP contribution is -2.54. The summed E-state index contributed by atoms with van der Waals surface area (Å²) in [6.07, 6.45) is 5.26. The molecule has 0 saturated heterocycles. The second-order valence-corrected chi connectivity index (χ2v) is 8.61. The first kappa shape index (κ1) is 29.7. The number of esters is 1. The fraction of sp³-hybridized carbons (Fsp3) is 0.400. The van der Waals surface area contributed by atoms with E-state index in [9.17, 15) is 24.0 Å². The molecule has 1 rings (SSSR count). The first-order chi connectivity index (χ1) is 16.8. The number of amides is 4. The van der Waals surface area contributed by atoms with Crippen LogP contribution in [0.2, 0.25) is 0 Å². The number of carbonyl (C=O) groups excluding carboxylic acids is 5. The van der Waals surface area contributed by atoms with Crippen LogP contribution in [0.15, 0.2) is 36.9 Å². The van der Waals surface area contributed by atoms with Gasteiger partial charge in [0.1, 0.15) is 24.2 Å². The number of methoxy groups -OCH3 is 1. The van der Waals surface area contributed by atoms with Crippen molar-refractivity contribution < 1.29 is 33.4 Å². The Bertz CT molecular complexity index is 1020. The summed E-state index contributed by atoms with van der Waals surface area (Å²) in [4.78, 5) is 63.6. The van der Waals surface area contributed by atoms with Gasteiger partial charge in [-0.15, -0.1) is 13.0 Å². The van der Waals surface area contributed by atoms with Crippen LogP contribution >= 0.6 is 0 Å². The van der Waals surface area contributed by atoms with E-state index >= 15 is 0 Å². The zero-order valence-electron chi connectivity index (χ0n) is 20.8. The maximum Gasteiger partial charge on any atom is 0.408 e. The normalized spacial score (nSPS) is 12.2. The number of hydrogen-bond donors (Lipinski definition) is 3. The smallest absolute Gasteiger partial charge is 0.408 e. The summed E-state index contributed by atoms with van der Waals surface area (Å²) in [5, 5.41) is 4.77. The largest absolute Gasteiger partial charge is 0.468 e. The highest BCUT2D eigenvalue weighted by molar-refractivity contribution is 5.95. The minimum Gasteiger partial charge on any atom is -0.468 e. The van der Waals surface area contributed by atoms with Crippen molar-refractivity contribution in [3.05, 3.63) is 48.0 Å². The van der Waals surface area contributed by atoms with Crippen molar-refractivity contribution in [1.29, 1.82) is 0 Å². The lowest BCUT2D eigenvalue weighted by molar-refractivity contribution is -0.144. The number of alkyl carbamates (subject to hydrolysis) is 1. The van der Waals surface area contributed by atoms with E-state index in [1.165, 1.54) is 6.08 Å². The summed E-state index contributed by atoms with van der Waals surface area (Å²) in [7, 11) is 1.16. The van der Waals surface area contributed by atoms with Crippen LogP contribution in [0.3, 0.4) is 0 Å². The molecule has 194 valence electrons.